The smallest absolute Gasteiger partial charge is 0.238 e. The lowest BCUT2D eigenvalue weighted by Gasteiger charge is -2.12. The first-order chi connectivity index (χ1) is 14.9. The number of hydrogen-bond acceptors (Lipinski definition) is 5. The summed E-state index contributed by atoms with van der Waals surface area (Å²) in [6.45, 7) is 0. The van der Waals surface area contributed by atoms with E-state index in [1.807, 2.05) is 42.5 Å². The summed E-state index contributed by atoms with van der Waals surface area (Å²) in [5, 5.41) is 10.1. The van der Waals surface area contributed by atoms with Crippen molar-refractivity contribution in [3.05, 3.63) is 78.2 Å². The molecule has 0 amide bonds. The molecule has 0 radical (unpaired) electrons. The largest absolute Gasteiger partial charge is 0.501 e. The highest BCUT2D eigenvalue weighted by atomic mass is 32.2. The first kappa shape index (κ1) is 20.9. The molecule has 2 aromatic carbocycles. The lowest BCUT2D eigenvalue weighted by Crippen LogP contribution is -2.12. The van der Waals surface area contributed by atoms with E-state index in [0.717, 1.165) is 52.6 Å². The van der Waals surface area contributed by atoms with Crippen LogP contribution in [0.25, 0.3) is 22.5 Å². The molecule has 2 N–H and O–H groups in total. The van der Waals surface area contributed by atoms with Crippen LogP contribution in [0.1, 0.15) is 18.5 Å². The van der Waals surface area contributed by atoms with Gasteiger partial charge in [0.05, 0.1) is 41.9 Å². The van der Waals surface area contributed by atoms with Crippen LogP contribution in [0.5, 0.6) is 5.75 Å². The van der Waals surface area contributed by atoms with Gasteiger partial charge in [-0.2, -0.15) is 5.10 Å². The van der Waals surface area contributed by atoms with Crippen molar-refractivity contribution in [1.29, 1.82) is 0 Å². The fraction of sp³-hybridized carbons (Fsp3) is 0.174. The Bertz CT molecular complexity index is 1260. The Morgan fingerprint density at radius 3 is 2.19 bits per heavy atom. The Labute approximate surface area is 181 Å². The molecule has 31 heavy (non-hydrogen) atoms. The first-order valence-electron chi connectivity index (χ1n) is 9.71. The fourth-order valence-corrected chi connectivity index (χ4v) is 4.00. The molecule has 4 rings (SSSR count). The zero-order chi connectivity index (χ0) is 22.0. The van der Waals surface area contributed by atoms with Crippen molar-refractivity contribution in [2.24, 2.45) is 5.14 Å². The molecule has 0 atom stereocenters. The van der Waals surface area contributed by atoms with Gasteiger partial charge in [0.1, 0.15) is 5.75 Å². The lowest BCUT2D eigenvalue weighted by atomic mass is 10.00. The fourth-order valence-electron chi connectivity index (χ4n) is 3.48. The highest BCUT2D eigenvalue weighted by Gasteiger charge is 2.17. The number of methoxy groups -OCH3 is 2. The summed E-state index contributed by atoms with van der Waals surface area (Å²) in [7, 11) is -0.463. The summed E-state index contributed by atoms with van der Waals surface area (Å²) in [4.78, 5) is 0.0573. The van der Waals surface area contributed by atoms with Crippen LogP contribution in [0.4, 0.5) is 0 Å². The molecule has 7 nitrogen and oxygen atoms in total. The Morgan fingerprint density at radius 2 is 1.65 bits per heavy atom. The van der Waals surface area contributed by atoms with E-state index in [4.69, 9.17) is 19.7 Å². The zero-order valence-electron chi connectivity index (χ0n) is 17.3. The van der Waals surface area contributed by atoms with E-state index in [-0.39, 0.29) is 4.90 Å². The van der Waals surface area contributed by atoms with Crippen LogP contribution in [-0.2, 0) is 14.8 Å². The summed E-state index contributed by atoms with van der Waals surface area (Å²) in [6.07, 6.45) is 5.63. The molecule has 160 valence electrons. The van der Waals surface area contributed by atoms with Gasteiger partial charge in [0.15, 0.2) is 0 Å². The van der Waals surface area contributed by atoms with Crippen LogP contribution in [0, 0.1) is 0 Å². The standard InChI is InChI=1S/C23H23N3O4S/c1-29-19-9-3-16(4-10-19)22-15-23(17-5-11-20(30-2)12-6-17)26(25-22)18-7-13-21(14-8-18)31(24,27)28/h3,5-9,11-15H,4,10H2,1-2H3,(H2,24,27,28). The van der Waals surface area contributed by atoms with E-state index >= 15 is 0 Å². The minimum atomic E-state index is -3.76. The monoisotopic (exact) mass is 437 g/mol. The molecule has 0 fully saturated rings. The summed E-state index contributed by atoms with van der Waals surface area (Å²) < 4.78 is 35.6. The topological polar surface area (TPSA) is 96.4 Å². The predicted octanol–water partition coefficient (Wildman–Crippen LogP) is 3.90. The molecule has 0 unspecified atom stereocenters. The number of rotatable bonds is 6. The summed E-state index contributed by atoms with van der Waals surface area (Å²) in [5.41, 5.74) is 4.53. The third kappa shape index (κ3) is 4.40. The number of nitrogens with two attached hydrogens (primary N) is 1. The minimum absolute atomic E-state index is 0.0573. The van der Waals surface area contributed by atoms with Gasteiger partial charge >= 0.3 is 0 Å². The van der Waals surface area contributed by atoms with Crippen molar-refractivity contribution in [2.75, 3.05) is 14.2 Å². The van der Waals surface area contributed by atoms with Crippen molar-refractivity contribution in [1.82, 2.24) is 9.78 Å². The van der Waals surface area contributed by atoms with E-state index < -0.39 is 10.0 Å². The van der Waals surface area contributed by atoms with Crippen LogP contribution in [0.2, 0.25) is 0 Å². The minimum Gasteiger partial charge on any atom is -0.501 e. The SMILES string of the molecule is COC1=CC=C(c2cc(-c3ccc(OC)cc3)n(-c3ccc(S(N)(=O)=O)cc3)n2)CC1. The van der Waals surface area contributed by atoms with Gasteiger partial charge in [-0.1, -0.05) is 6.08 Å². The molecular formula is C23H23N3O4S. The number of aromatic nitrogens is 2. The van der Waals surface area contributed by atoms with Gasteiger partial charge < -0.3 is 9.47 Å². The normalized spacial score (nSPS) is 14.0. The molecule has 1 heterocycles. The van der Waals surface area contributed by atoms with Crippen molar-refractivity contribution in [3.8, 4) is 22.7 Å². The van der Waals surface area contributed by atoms with Crippen LogP contribution >= 0.6 is 0 Å². The number of sulfonamides is 1. The highest BCUT2D eigenvalue weighted by molar-refractivity contribution is 7.89. The molecule has 0 spiro atoms. The Morgan fingerprint density at radius 1 is 0.935 bits per heavy atom. The maximum atomic E-state index is 11.6. The van der Waals surface area contributed by atoms with Gasteiger partial charge in [-0.15, -0.1) is 0 Å². The number of allylic oxidation sites excluding steroid dienone is 4. The Kier molecular flexibility index (Phi) is 5.67. The zero-order valence-corrected chi connectivity index (χ0v) is 18.1. The number of benzene rings is 2. The lowest BCUT2D eigenvalue weighted by molar-refractivity contribution is 0.277. The molecule has 1 aliphatic rings. The van der Waals surface area contributed by atoms with E-state index in [2.05, 4.69) is 0 Å². The van der Waals surface area contributed by atoms with Crippen molar-refractivity contribution in [3.63, 3.8) is 0 Å². The predicted molar refractivity (Wildman–Crippen MR) is 119 cm³/mol. The maximum Gasteiger partial charge on any atom is 0.238 e. The van der Waals surface area contributed by atoms with Gasteiger partial charge in [-0.3, -0.25) is 0 Å². The van der Waals surface area contributed by atoms with Crippen molar-refractivity contribution in [2.45, 2.75) is 17.7 Å². The molecule has 0 saturated heterocycles. The molecule has 0 saturated carbocycles. The maximum absolute atomic E-state index is 11.6. The number of ether oxygens (including phenoxy) is 2. The molecular weight excluding hydrogens is 414 g/mol. The Balaban J connectivity index is 1.81. The van der Waals surface area contributed by atoms with Crippen LogP contribution < -0.4 is 9.88 Å². The van der Waals surface area contributed by atoms with Gasteiger partial charge in [-0.05, 0) is 72.7 Å². The average molecular weight is 438 g/mol. The van der Waals surface area contributed by atoms with Gasteiger partial charge in [0.2, 0.25) is 10.0 Å². The second-order valence-corrected chi connectivity index (χ2v) is 8.68. The van der Waals surface area contributed by atoms with Crippen molar-refractivity contribution >= 4 is 15.6 Å². The molecule has 0 bridgehead atoms. The quantitative estimate of drug-likeness (QED) is 0.631. The number of hydrogen-bond donors (Lipinski definition) is 1. The highest BCUT2D eigenvalue weighted by Crippen LogP contribution is 2.32. The Hall–Kier alpha value is -3.36. The third-order valence-electron chi connectivity index (χ3n) is 5.21. The van der Waals surface area contributed by atoms with Gasteiger partial charge in [-0.25, -0.2) is 18.2 Å². The number of nitrogens with zero attached hydrogens (tertiary/aromatic N) is 2. The second kappa shape index (κ2) is 8.41. The van der Waals surface area contributed by atoms with E-state index in [1.165, 1.54) is 12.1 Å². The molecule has 1 aliphatic carbocycles. The summed E-state index contributed by atoms with van der Waals surface area (Å²) >= 11 is 0. The van der Waals surface area contributed by atoms with Gasteiger partial charge in [0, 0.05) is 12.0 Å². The van der Waals surface area contributed by atoms with Crippen LogP contribution in [-0.4, -0.2) is 32.4 Å². The summed E-state index contributed by atoms with van der Waals surface area (Å²) in [6, 6.07) is 16.1. The summed E-state index contributed by atoms with van der Waals surface area (Å²) in [5.74, 6) is 1.71. The van der Waals surface area contributed by atoms with Crippen molar-refractivity contribution < 1.29 is 17.9 Å². The third-order valence-corrected chi connectivity index (χ3v) is 6.14. The second-order valence-electron chi connectivity index (χ2n) is 7.12. The first-order valence-corrected chi connectivity index (χ1v) is 11.3. The molecule has 0 aliphatic heterocycles. The molecule has 1 aromatic heterocycles. The van der Waals surface area contributed by atoms with E-state index in [0.29, 0.717) is 0 Å². The number of primary sulfonamides is 1. The van der Waals surface area contributed by atoms with Gasteiger partial charge in [0.25, 0.3) is 0 Å². The van der Waals surface area contributed by atoms with E-state index in [9.17, 15) is 8.42 Å². The molecule has 8 heteroatoms. The van der Waals surface area contributed by atoms with E-state index in [1.54, 1.807) is 31.0 Å². The van der Waals surface area contributed by atoms with Crippen LogP contribution in [0.15, 0.2) is 77.4 Å². The van der Waals surface area contributed by atoms with Crippen LogP contribution in [0.3, 0.4) is 0 Å². The molecule has 3 aromatic rings. The average Bonchev–Trinajstić information content (AvgIpc) is 3.24.